The highest BCUT2D eigenvalue weighted by Gasteiger charge is 2.07. The van der Waals surface area contributed by atoms with E-state index in [1.165, 1.54) is 0 Å². The summed E-state index contributed by atoms with van der Waals surface area (Å²) in [6.45, 7) is 3.26. The summed E-state index contributed by atoms with van der Waals surface area (Å²) in [6.07, 6.45) is 0. The van der Waals surface area contributed by atoms with Crippen molar-refractivity contribution in [3.63, 3.8) is 0 Å². The van der Waals surface area contributed by atoms with Gasteiger partial charge in [-0.05, 0) is 13.8 Å². The zero-order valence-electron chi connectivity index (χ0n) is 6.44. The molecule has 58 valence electrons. The van der Waals surface area contributed by atoms with Crippen LogP contribution in [0.1, 0.15) is 13.8 Å². The minimum Gasteiger partial charge on any atom is -0.368 e. The molecule has 0 unspecified atom stereocenters. The van der Waals surface area contributed by atoms with E-state index in [1.807, 2.05) is 0 Å². The molecule has 0 atom stereocenters. The highest BCUT2D eigenvalue weighted by atomic mass is 16.3. The van der Waals surface area contributed by atoms with Gasteiger partial charge in [0.05, 0.1) is 0 Å². The van der Waals surface area contributed by atoms with Gasteiger partial charge in [-0.25, -0.2) is 0 Å². The number of rotatable bonds is 3. The molecule has 0 radical (unpaired) electrons. The molecule has 0 saturated carbocycles. The van der Waals surface area contributed by atoms with Crippen molar-refractivity contribution < 1.29 is 5.11 Å². The number of aliphatic hydroxyl groups is 1. The standard InChI is InChI=1S/C5H12N4O/c1-5(2,10)9-8-4-7-6-3/h10H,4H2,1-3H3. The maximum atomic E-state index is 8.98. The number of nitrogens with zero attached hydrogens (tertiary/aromatic N) is 4. The van der Waals surface area contributed by atoms with E-state index in [1.54, 1.807) is 20.9 Å². The van der Waals surface area contributed by atoms with Gasteiger partial charge in [0.25, 0.3) is 0 Å². The normalized spacial score (nSPS) is 13.6. The molecule has 1 N–H and O–H groups in total. The third kappa shape index (κ3) is 7.16. The van der Waals surface area contributed by atoms with Crippen LogP contribution in [0.3, 0.4) is 0 Å². The monoisotopic (exact) mass is 144 g/mol. The maximum Gasteiger partial charge on any atom is 0.170 e. The zero-order valence-corrected chi connectivity index (χ0v) is 6.44. The third-order valence-electron chi connectivity index (χ3n) is 0.583. The largest absolute Gasteiger partial charge is 0.368 e. The zero-order chi connectivity index (χ0) is 8.04. The minimum atomic E-state index is -1.09. The summed E-state index contributed by atoms with van der Waals surface area (Å²) in [5.41, 5.74) is -1.09. The molecular formula is C5H12N4O. The van der Waals surface area contributed by atoms with Crippen LogP contribution in [0.4, 0.5) is 0 Å². The molecule has 0 aromatic carbocycles. The summed E-state index contributed by atoms with van der Waals surface area (Å²) in [5.74, 6) is 0. The summed E-state index contributed by atoms with van der Waals surface area (Å²) < 4.78 is 0. The Morgan fingerprint density at radius 1 is 1.30 bits per heavy atom. The molecule has 0 heterocycles. The summed E-state index contributed by atoms with van der Waals surface area (Å²) >= 11 is 0. The maximum absolute atomic E-state index is 8.98. The number of azo groups is 2. The van der Waals surface area contributed by atoms with Crippen LogP contribution in [-0.2, 0) is 0 Å². The lowest BCUT2D eigenvalue weighted by Crippen LogP contribution is -2.13. The molecule has 0 saturated heterocycles. The first-order chi connectivity index (χ1) is 4.56. The molecule has 0 spiro atoms. The highest BCUT2D eigenvalue weighted by Crippen LogP contribution is 2.02. The van der Waals surface area contributed by atoms with E-state index < -0.39 is 5.72 Å². The van der Waals surface area contributed by atoms with E-state index in [9.17, 15) is 0 Å². The predicted octanol–water partition coefficient (Wildman–Crippen LogP) is 1.21. The first-order valence-corrected chi connectivity index (χ1v) is 2.93. The van der Waals surface area contributed by atoms with Crippen LogP contribution in [0.2, 0.25) is 0 Å². The number of hydrogen-bond acceptors (Lipinski definition) is 5. The molecule has 10 heavy (non-hydrogen) atoms. The molecule has 5 heteroatoms. The predicted molar refractivity (Wildman–Crippen MR) is 36.8 cm³/mol. The second kappa shape index (κ2) is 4.05. The molecule has 0 aliphatic carbocycles. The molecule has 0 aliphatic rings. The molecule has 5 nitrogen and oxygen atoms in total. The van der Waals surface area contributed by atoms with Crippen molar-refractivity contribution in [2.45, 2.75) is 19.6 Å². The first-order valence-electron chi connectivity index (χ1n) is 2.93. The summed E-state index contributed by atoms with van der Waals surface area (Å²) in [7, 11) is 1.56. The van der Waals surface area contributed by atoms with Crippen molar-refractivity contribution in [3.05, 3.63) is 0 Å². The third-order valence-corrected chi connectivity index (χ3v) is 0.583. The summed E-state index contributed by atoms with van der Waals surface area (Å²) in [5, 5.41) is 23.0. The Hall–Kier alpha value is -0.840. The molecule has 0 amide bonds. The Morgan fingerprint density at radius 3 is 2.30 bits per heavy atom. The van der Waals surface area contributed by atoms with Crippen molar-refractivity contribution in [1.82, 2.24) is 0 Å². The van der Waals surface area contributed by atoms with Gasteiger partial charge in [0.2, 0.25) is 0 Å². The van der Waals surface area contributed by atoms with E-state index in [2.05, 4.69) is 20.5 Å². The van der Waals surface area contributed by atoms with Gasteiger partial charge < -0.3 is 5.11 Å². The fourth-order valence-electron chi connectivity index (χ4n) is 0.296. The van der Waals surface area contributed by atoms with E-state index in [4.69, 9.17) is 5.11 Å². The van der Waals surface area contributed by atoms with Crippen LogP contribution >= 0.6 is 0 Å². The molecule has 0 aromatic heterocycles. The van der Waals surface area contributed by atoms with Crippen LogP contribution < -0.4 is 0 Å². The smallest absolute Gasteiger partial charge is 0.170 e. The minimum absolute atomic E-state index is 0.181. The van der Waals surface area contributed by atoms with Crippen LogP contribution in [0.25, 0.3) is 0 Å². The Labute approximate surface area is 59.9 Å². The topological polar surface area (TPSA) is 69.7 Å². The second-order valence-electron chi connectivity index (χ2n) is 2.22. The quantitative estimate of drug-likeness (QED) is 0.594. The van der Waals surface area contributed by atoms with Crippen LogP contribution in [0.5, 0.6) is 0 Å². The summed E-state index contributed by atoms with van der Waals surface area (Å²) in [6, 6.07) is 0. The van der Waals surface area contributed by atoms with Crippen molar-refractivity contribution >= 4 is 0 Å². The Balaban J connectivity index is 3.56. The summed E-state index contributed by atoms with van der Waals surface area (Å²) in [4.78, 5) is 0. The Morgan fingerprint density at radius 2 is 1.90 bits per heavy atom. The lowest BCUT2D eigenvalue weighted by Gasteiger charge is -2.06. The first kappa shape index (κ1) is 9.16. The molecular weight excluding hydrogens is 132 g/mol. The van der Waals surface area contributed by atoms with E-state index in [-0.39, 0.29) is 6.67 Å². The second-order valence-corrected chi connectivity index (χ2v) is 2.22. The van der Waals surface area contributed by atoms with Gasteiger partial charge in [-0.15, -0.1) is 0 Å². The molecule has 0 bridgehead atoms. The fraction of sp³-hybridized carbons (Fsp3) is 1.00. The highest BCUT2D eigenvalue weighted by molar-refractivity contribution is 4.55. The van der Waals surface area contributed by atoms with E-state index in [0.717, 1.165) is 0 Å². The molecule has 0 aromatic rings. The van der Waals surface area contributed by atoms with Crippen molar-refractivity contribution in [2.75, 3.05) is 13.7 Å². The lowest BCUT2D eigenvalue weighted by atomic mass is 10.3. The van der Waals surface area contributed by atoms with Gasteiger partial charge in [-0.1, -0.05) is 0 Å². The van der Waals surface area contributed by atoms with Crippen LogP contribution in [0, 0.1) is 0 Å². The van der Waals surface area contributed by atoms with Crippen LogP contribution in [0.15, 0.2) is 20.5 Å². The molecule has 0 fully saturated rings. The number of hydrogen-bond donors (Lipinski definition) is 1. The molecule has 0 aliphatic heterocycles. The van der Waals surface area contributed by atoms with Gasteiger partial charge in [-0.3, -0.25) is 0 Å². The molecule has 0 rings (SSSR count). The fourth-order valence-corrected chi connectivity index (χ4v) is 0.296. The Kier molecular flexibility index (Phi) is 3.71. The van der Waals surface area contributed by atoms with E-state index in [0.29, 0.717) is 0 Å². The van der Waals surface area contributed by atoms with Crippen molar-refractivity contribution in [1.29, 1.82) is 0 Å². The van der Waals surface area contributed by atoms with E-state index >= 15 is 0 Å². The Bertz CT molecular complexity index is 135. The van der Waals surface area contributed by atoms with Crippen molar-refractivity contribution in [3.8, 4) is 0 Å². The average Bonchev–Trinajstić information content (AvgIpc) is 1.78. The van der Waals surface area contributed by atoms with Crippen LogP contribution in [-0.4, -0.2) is 24.5 Å². The van der Waals surface area contributed by atoms with Gasteiger partial charge in [0, 0.05) is 7.05 Å². The van der Waals surface area contributed by atoms with Gasteiger partial charge in [-0.2, -0.15) is 20.5 Å². The average molecular weight is 144 g/mol. The van der Waals surface area contributed by atoms with Gasteiger partial charge >= 0.3 is 0 Å². The van der Waals surface area contributed by atoms with Gasteiger partial charge in [0.1, 0.15) is 0 Å². The van der Waals surface area contributed by atoms with Gasteiger partial charge in [0.15, 0.2) is 12.4 Å². The SMILES string of the molecule is CN=NCN=NC(C)(C)O. The van der Waals surface area contributed by atoms with Crippen molar-refractivity contribution in [2.24, 2.45) is 20.5 Å². The lowest BCUT2D eigenvalue weighted by molar-refractivity contribution is 0.0816.